The number of hydrogen-bond acceptors (Lipinski definition) is 10. The fourth-order valence-corrected chi connectivity index (χ4v) is 5.68. The number of amides is 2. The number of tetrazole rings is 1. The Labute approximate surface area is 233 Å². The summed E-state index contributed by atoms with van der Waals surface area (Å²) in [7, 11) is 0. The number of nitrogens with zero attached hydrogens (tertiary/aromatic N) is 5. The maximum absolute atomic E-state index is 12.4. The number of carboxylic acid groups (broad SMARTS) is 2. The Morgan fingerprint density at radius 3 is 2.56 bits per heavy atom. The van der Waals surface area contributed by atoms with Gasteiger partial charge in [-0.05, 0) is 35.4 Å². The number of carbonyl (C=O) groups is 4. The molecule has 3 aliphatic heterocycles. The lowest BCUT2D eigenvalue weighted by Gasteiger charge is -2.48. The first-order valence-corrected chi connectivity index (χ1v) is 13.2. The zero-order valence-corrected chi connectivity index (χ0v) is 21.9. The minimum atomic E-state index is -5.08. The van der Waals surface area contributed by atoms with E-state index in [1.54, 1.807) is 0 Å². The Hall–Kier alpha value is -4.19. The normalized spacial score (nSPS) is 20.9. The number of thioether (sulfide) groups is 1. The number of alkyl halides is 3. The maximum atomic E-state index is 12.4. The number of carbonyl (C=O) groups excluding carboxylic acids is 2. The predicted molar refractivity (Wildman–Crippen MR) is 132 cm³/mol. The predicted octanol–water partition coefficient (Wildman–Crippen LogP) is 0.866. The van der Waals surface area contributed by atoms with Gasteiger partial charge in [0.25, 0.3) is 0 Å². The molecule has 1 aromatic heterocycles. The molecule has 2 aromatic rings. The second-order valence-electron chi connectivity index (χ2n) is 9.02. The van der Waals surface area contributed by atoms with Gasteiger partial charge in [-0.2, -0.15) is 13.2 Å². The second kappa shape index (κ2) is 12.5. The first-order valence-electron chi connectivity index (χ1n) is 12.2. The Bertz CT molecular complexity index is 1340. The van der Waals surface area contributed by atoms with Crippen molar-refractivity contribution in [3.05, 3.63) is 47.4 Å². The van der Waals surface area contributed by atoms with E-state index in [0.29, 0.717) is 24.0 Å². The van der Waals surface area contributed by atoms with Gasteiger partial charge in [0.15, 0.2) is 0 Å². The van der Waals surface area contributed by atoms with Crippen LogP contribution < -0.4 is 10.6 Å². The molecule has 0 spiro atoms. The van der Waals surface area contributed by atoms with Crippen LogP contribution >= 0.6 is 11.8 Å². The standard InChI is InChI=1S/C21H23N7O5S.C2HF3O2/c29-15(22-8-6-12-4-2-1-3-5-12)10-27-20(24-25-26-27)34-11-14-13-7-9-23-16-17(13)28(18(16)30)19(14)33-21(31)32;3-2(4,5)1(6)7/h1-5,13,16-17,23H,6-11H2,(H,22,29)(H,31,32);(H,6,7)/t13?,16-,17+;/m0./s1. The van der Waals surface area contributed by atoms with Crippen LogP contribution in [0.25, 0.3) is 0 Å². The van der Waals surface area contributed by atoms with Gasteiger partial charge in [0, 0.05) is 23.8 Å². The van der Waals surface area contributed by atoms with Gasteiger partial charge in [-0.15, -0.1) is 5.10 Å². The molecule has 41 heavy (non-hydrogen) atoms. The lowest BCUT2D eigenvalue weighted by molar-refractivity contribution is -0.192. The van der Waals surface area contributed by atoms with E-state index in [4.69, 9.17) is 14.6 Å². The molecule has 18 heteroatoms. The molecule has 14 nitrogen and oxygen atoms in total. The van der Waals surface area contributed by atoms with Gasteiger partial charge in [0.1, 0.15) is 12.6 Å². The summed E-state index contributed by atoms with van der Waals surface area (Å²) >= 11 is 1.28. The number of β-lactam (4-membered cyclic amide) rings is 1. The van der Waals surface area contributed by atoms with Crippen LogP contribution in [0.2, 0.25) is 0 Å². The highest BCUT2D eigenvalue weighted by Crippen LogP contribution is 2.47. The van der Waals surface area contributed by atoms with Gasteiger partial charge in [-0.1, -0.05) is 42.1 Å². The van der Waals surface area contributed by atoms with Crippen molar-refractivity contribution in [2.24, 2.45) is 5.92 Å². The molecule has 4 heterocycles. The monoisotopic (exact) mass is 599 g/mol. The van der Waals surface area contributed by atoms with Gasteiger partial charge < -0.3 is 25.6 Å². The van der Waals surface area contributed by atoms with Gasteiger partial charge in [-0.25, -0.2) is 14.3 Å². The molecule has 4 N–H and O–H groups in total. The van der Waals surface area contributed by atoms with Crippen LogP contribution in [0.1, 0.15) is 12.0 Å². The van der Waals surface area contributed by atoms with Crippen molar-refractivity contribution in [1.29, 1.82) is 0 Å². The number of carboxylic acids is 1. The topological polar surface area (TPSA) is 189 Å². The average molecular weight is 600 g/mol. The number of piperidine rings is 1. The molecule has 2 amide bonds. The van der Waals surface area contributed by atoms with Gasteiger partial charge in [0.05, 0.1) is 6.04 Å². The summed E-state index contributed by atoms with van der Waals surface area (Å²) in [6.45, 7) is 1.13. The fraction of sp³-hybridized carbons (Fsp3) is 0.435. The van der Waals surface area contributed by atoms with Crippen LogP contribution in [0, 0.1) is 5.92 Å². The Balaban J connectivity index is 0.000000493. The summed E-state index contributed by atoms with van der Waals surface area (Å²) < 4.78 is 38.2. The molecule has 2 fully saturated rings. The third-order valence-electron chi connectivity index (χ3n) is 6.47. The van der Waals surface area contributed by atoms with Crippen molar-refractivity contribution in [2.45, 2.75) is 42.8 Å². The number of aliphatic carboxylic acids is 1. The third kappa shape index (κ3) is 6.94. The van der Waals surface area contributed by atoms with Crippen LogP contribution in [0.5, 0.6) is 0 Å². The van der Waals surface area contributed by atoms with Gasteiger partial charge in [-0.3, -0.25) is 14.5 Å². The summed E-state index contributed by atoms with van der Waals surface area (Å²) in [5.74, 6) is -2.70. The first-order chi connectivity index (χ1) is 19.5. The number of rotatable bonds is 9. The van der Waals surface area contributed by atoms with E-state index < -0.39 is 18.3 Å². The van der Waals surface area contributed by atoms with Crippen molar-refractivity contribution in [3.63, 3.8) is 0 Å². The summed E-state index contributed by atoms with van der Waals surface area (Å²) in [5.41, 5.74) is 1.88. The molecule has 2 saturated heterocycles. The lowest BCUT2D eigenvalue weighted by atomic mass is 9.80. The molecule has 0 aliphatic carbocycles. The number of halogens is 3. The smallest absolute Gasteiger partial charge is 0.475 e. The number of benzene rings is 1. The maximum Gasteiger partial charge on any atom is 0.512 e. The van der Waals surface area contributed by atoms with E-state index in [-0.39, 0.29) is 42.2 Å². The molecule has 0 saturated carbocycles. The fourth-order valence-electron chi connectivity index (χ4n) is 4.71. The molecule has 220 valence electrons. The summed E-state index contributed by atoms with van der Waals surface area (Å²) in [5, 5.41) is 34.4. The van der Waals surface area contributed by atoms with E-state index in [1.807, 2.05) is 30.3 Å². The Morgan fingerprint density at radius 2 is 1.90 bits per heavy atom. The molecule has 1 unspecified atom stereocenters. The number of ether oxygens (including phenoxy) is 1. The van der Waals surface area contributed by atoms with Crippen LogP contribution in [-0.4, -0.2) is 96.4 Å². The van der Waals surface area contributed by atoms with E-state index in [0.717, 1.165) is 24.0 Å². The molecular formula is C23H24F3N7O7S. The van der Waals surface area contributed by atoms with Crippen LogP contribution in [0.4, 0.5) is 18.0 Å². The molecule has 0 bridgehead atoms. The van der Waals surface area contributed by atoms with E-state index in [1.165, 1.54) is 21.3 Å². The summed E-state index contributed by atoms with van der Waals surface area (Å²) in [4.78, 5) is 46.4. The minimum absolute atomic E-state index is 0.0106. The largest absolute Gasteiger partial charge is 0.512 e. The molecular weight excluding hydrogens is 575 g/mol. The Morgan fingerprint density at radius 1 is 1.20 bits per heavy atom. The SMILES string of the molecule is O=C(Cn1nnnc1SCC1=C(OC(=O)O)N2C(=O)[C@H]3NCCC1[C@H]32)NCCc1ccccc1.O=C(O)C(F)(F)F. The summed E-state index contributed by atoms with van der Waals surface area (Å²) in [6, 6.07) is 9.43. The van der Waals surface area contributed by atoms with Crippen molar-refractivity contribution in [2.75, 3.05) is 18.8 Å². The van der Waals surface area contributed by atoms with Gasteiger partial charge >= 0.3 is 18.3 Å². The van der Waals surface area contributed by atoms with Crippen molar-refractivity contribution < 1.29 is 47.3 Å². The lowest BCUT2D eigenvalue weighted by Crippen LogP contribution is -2.71. The molecule has 0 radical (unpaired) electrons. The van der Waals surface area contributed by atoms with Crippen LogP contribution in [-0.2, 0) is 32.1 Å². The quantitative estimate of drug-likeness (QED) is 0.181. The van der Waals surface area contributed by atoms with Crippen molar-refractivity contribution >= 4 is 35.7 Å². The van der Waals surface area contributed by atoms with Crippen LogP contribution in [0.15, 0.2) is 46.9 Å². The number of aromatic nitrogens is 4. The van der Waals surface area contributed by atoms with E-state index in [2.05, 4.69) is 26.2 Å². The minimum Gasteiger partial charge on any atom is -0.475 e. The molecule has 3 aliphatic rings. The first kappa shape index (κ1) is 29.8. The number of nitrogens with one attached hydrogen (secondary N) is 2. The Kier molecular flexibility index (Phi) is 9.11. The second-order valence-corrected chi connectivity index (χ2v) is 9.96. The highest BCUT2D eigenvalue weighted by atomic mass is 32.2. The van der Waals surface area contributed by atoms with E-state index >= 15 is 0 Å². The zero-order chi connectivity index (χ0) is 29.7. The highest BCUT2D eigenvalue weighted by Gasteiger charge is 2.60. The van der Waals surface area contributed by atoms with Crippen molar-refractivity contribution in [1.82, 2.24) is 35.7 Å². The molecule has 3 atom stereocenters. The highest BCUT2D eigenvalue weighted by molar-refractivity contribution is 7.99. The van der Waals surface area contributed by atoms with E-state index in [9.17, 15) is 32.7 Å². The van der Waals surface area contributed by atoms with Crippen LogP contribution in [0.3, 0.4) is 0 Å². The third-order valence-corrected chi connectivity index (χ3v) is 7.48. The molecule has 5 rings (SSSR count). The van der Waals surface area contributed by atoms with Gasteiger partial charge in [0.2, 0.25) is 22.9 Å². The average Bonchev–Trinajstić information content (AvgIpc) is 3.47. The van der Waals surface area contributed by atoms with Crippen molar-refractivity contribution in [3.8, 4) is 0 Å². The summed E-state index contributed by atoms with van der Waals surface area (Å²) in [6.07, 6.45) is -5.06. The zero-order valence-electron chi connectivity index (χ0n) is 21.1. The molecule has 1 aromatic carbocycles. The number of hydrogen-bond donors (Lipinski definition) is 4.